The van der Waals surface area contributed by atoms with E-state index in [9.17, 15) is 14.4 Å². The van der Waals surface area contributed by atoms with Gasteiger partial charge in [0.1, 0.15) is 0 Å². The predicted molar refractivity (Wildman–Crippen MR) is 58.5 cm³/mol. The van der Waals surface area contributed by atoms with Crippen molar-refractivity contribution in [2.75, 3.05) is 0 Å². The summed E-state index contributed by atoms with van der Waals surface area (Å²) in [6.07, 6.45) is 5.66. The lowest BCUT2D eigenvalue weighted by atomic mass is 10.0. The summed E-state index contributed by atoms with van der Waals surface area (Å²) in [7, 11) is 0. The summed E-state index contributed by atoms with van der Waals surface area (Å²) in [4.78, 5) is 37.6. The monoisotopic (exact) mass is 225 g/mol. The first kappa shape index (κ1) is 10.9. The Kier molecular flexibility index (Phi) is 3.07. The van der Waals surface area contributed by atoms with E-state index >= 15 is 0 Å². The standard InChI is InChI=1S/C10H15N3O3/c14-8-11-9(15)13(10(16)12-8)6-5-7-3-1-2-4-7/h7H,1-6H2,(H2,11,12,14,15,16). The van der Waals surface area contributed by atoms with Gasteiger partial charge >= 0.3 is 17.1 Å². The fourth-order valence-corrected chi connectivity index (χ4v) is 2.27. The number of hydrogen-bond donors (Lipinski definition) is 2. The average molecular weight is 225 g/mol. The zero-order valence-corrected chi connectivity index (χ0v) is 8.99. The van der Waals surface area contributed by atoms with Gasteiger partial charge in [0.25, 0.3) is 0 Å². The van der Waals surface area contributed by atoms with Crippen molar-refractivity contribution in [2.45, 2.75) is 38.6 Å². The first-order valence-corrected chi connectivity index (χ1v) is 5.60. The number of rotatable bonds is 3. The van der Waals surface area contributed by atoms with Crippen LogP contribution < -0.4 is 17.1 Å². The second-order valence-electron chi connectivity index (χ2n) is 4.28. The zero-order valence-electron chi connectivity index (χ0n) is 8.99. The molecule has 1 heterocycles. The van der Waals surface area contributed by atoms with Crippen LogP contribution in [0.4, 0.5) is 0 Å². The zero-order chi connectivity index (χ0) is 11.5. The minimum atomic E-state index is -0.743. The van der Waals surface area contributed by atoms with E-state index in [1.54, 1.807) is 0 Å². The molecule has 1 aromatic heterocycles. The van der Waals surface area contributed by atoms with Crippen molar-refractivity contribution >= 4 is 0 Å². The highest BCUT2D eigenvalue weighted by atomic mass is 16.2. The largest absolute Gasteiger partial charge is 0.333 e. The summed E-state index contributed by atoms with van der Waals surface area (Å²) in [5.41, 5.74) is -1.98. The molecule has 0 unspecified atom stereocenters. The summed E-state index contributed by atoms with van der Waals surface area (Å²) in [5, 5.41) is 0. The molecule has 0 aromatic carbocycles. The maximum Gasteiger partial charge on any atom is 0.333 e. The Labute approximate surface area is 91.3 Å². The van der Waals surface area contributed by atoms with Crippen molar-refractivity contribution in [3.8, 4) is 0 Å². The van der Waals surface area contributed by atoms with Crippen LogP contribution in [0, 0.1) is 5.92 Å². The minimum Gasteiger partial charge on any atom is -0.259 e. The molecule has 6 heteroatoms. The lowest BCUT2D eigenvalue weighted by molar-refractivity contribution is 0.438. The Bertz CT molecular complexity index is 485. The maximum absolute atomic E-state index is 11.4. The van der Waals surface area contributed by atoms with Gasteiger partial charge < -0.3 is 0 Å². The van der Waals surface area contributed by atoms with E-state index in [1.807, 2.05) is 0 Å². The van der Waals surface area contributed by atoms with Crippen molar-refractivity contribution in [1.82, 2.24) is 14.5 Å². The van der Waals surface area contributed by atoms with Gasteiger partial charge in [-0.2, -0.15) is 0 Å². The Morgan fingerprint density at radius 1 is 1.06 bits per heavy atom. The number of H-pyrrole nitrogens is 2. The van der Waals surface area contributed by atoms with E-state index < -0.39 is 17.1 Å². The van der Waals surface area contributed by atoms with Gasteiger partial charge in [0.2, 0.25) is 0 Å². The molecule has 0 saturated heterocycles. The first-order chi connectivity index (χ1) is 7.66. The first-order valence-electron chi connectivity index (χ1n) is 5.60. The topological polar surface area (TPSA) is 87.7 Å². The van der Waals surface area contributed by atoms with Crippen molar-refractivity contribution in [3.63, 3.8) is 0 Å². The van der Waals surface area contributed by atoms with Crippen LogP contribution >= 0.6 is 0 Å². The molecule has 0 atom stereocenters. The molecule has 16 heavy (non-hydrogen) atoms. The van der Waals surface area contributed by atoms with Crippen molar-refractivity contribution in [3.05, 3.63) is 31.5 Å². The van der Waals surface area contributed by atoms with Gasteiger partial charge in [-0.1, -0.05) is 25.7 Å². The Hall–Kier alpha value is -1.59. The highest BCUT2D eigenvalue weighted by molar-refractivity contribution is 4.72. The number of aromatic nitrogens is 3. The molecule has 2 N–H and O–H groups in total. The van der Waals surface area contributed by atoms with Crippen LogP contribution in [0.25, 0.3) is 0 Å². The third kappa shape index (κ3) is 2.32. The van der Waals surface area contributed by atoms with Crippen LogP contribution in [0.3, 0.4) is 0 Å². The number of aromatic amines is 2. The lowest BCUT2D eigenvalue weighted by Crippen LogP contribution is -2.43. The summed E-state index contributed by atoms with van der Waals surface area (Å²) in [6.45, 7) is 0.385. The molecule has 1 aliphatic rings. The van der Waals surface area contributed by atoms with Crippen LogP contribution in [-0.4, -0.2) is 14.5 Å². The average Bonchev–Trinajstić information content (AvgIpc) is 2.68. The smallest absolute Gasteiger partial charge is 0.259 e. The van der Waals surface area contributed by atoms with Gasteiger partial charge in [-0.25, -0.2) is 19.0 Å². The molecule has 1 aromatic rings. The summed E-state index contributed by atoms with van der Waals surface area (Å²) >= 11 is 0. The fourth-order valence-electron chi connectivity index (χ4n) is 2.27. The molecular weight excluding hydrogens is 210 g/mol. The highest BCUT2D eigenvalue weighted by Crippen LogP contribution is 2.27. The van der Waals surface area contributed by atoms with Crippen LogP contribution in [-0.2, 0) is 6.54 Å². The van der Waals surface area contributed by atoms with Crippen molar-refractivity contribution in [2.24, 2.45) is 5.92 Å². The molecule has 0 radical (unpaired) electrons. The Balaban J connectivity index is 2.12. The van der Waals surface area contributed by atoms with Crippen molar-refractivity contribution in [1.29, 1.82) is 0 Å². The molecule has 1 aliphatic carbocycles. The fraction of sp³-hybridized carbons (Fsp3) is 0.700. The van der Waals surface area contributed by atoms with E-state index in [2.05, 4.69) is 9.97 Å². The molecular formula is C10H15N3O3. The molecule has 6 nitrogen and oxygen atoms in total. The quantitative estimate of drug-likeness (QED) is 0.747. The molecule has 0 aliphatic heterocycles. The van der Waals surface area contributed by atoms with Gasteiger partial charge in [-0.05, 0) is 12.3 Å². The number of hydrogen-bond acceptors (Lipinski definition) is 3. The molecule has 0 bridgehead atoms. The molecule has 0 amide bonds. The van der Waals surface area contributed by atoms with E-state index in [4.69, 9.17) is 0 Å². The maximum atomic E-state index is 11.4. The van der Waals surface area contributed by atoms with Gasteiger partial charge in [0, 0.05) is 6.54 Å². The van der Waals surface area contributed by atoms with Crippen LogP contribution in [0.5, 0.6) is 0 Å². The van der Waals surface area contributed by atoms with Gasteiger partial charge in [-0.3, -0.25) is 9.97 Å². The normalized spacial score (nSPS) is 16.8. The molecule has 2 rings (SSSR count). The SMILES string of the molecule is O=c1[nH]c(=O)n(CCC2CCCC2)c(=O)[nH]1. The lowest BCUT2D eigenvalue weighted by Gasteiger charge is -2.08. The summed E-state index contributed by atoms with van der Waals surface area (Å²) in [5.74, 6) is 0.609. The van der Waals surface area contributed by atoms with E-state index in [-0.39, 0.29) is 0 Å². The van der Waals surface area contributed by atoms with E-state index in [0.717, 1.165) is 11.0 Å². The predicted octanol–water partition coefficient (Wildman–Crippen LogP) is -0.195. The molecule has 88 valence electrons. The molecule has 1 saturated carbocycles. The molecule has 0 spiro atoms. The van der Waals surface area contributed by atoms with Gasteiger partial charge in [-0.15, -0.1) is 0 Å². The van der Waals surface area contributed by atoms with Crippen LogP contribution in [0.2, 0.25) is 0 Å². The highest BCUT2D eigenvalue weighted by Gasteiger charge is 2.15. The second kappa shape index (κ2) is 4.51. The van der Waals surface area contributed by atoms with Gasteiger partial charge in [0.05, 0.1) is 0 Å². The Morgan fingerprint density at radius 2 is 1.62 bits per heavy atom. The van der Waals surface area contributed by atoms with E-state index in [1.165, 1.54) is 25.7 Å². The number of nitrogens with zero attached hydrogens (tertiary/aromatic N) is 1. The third-order valence-corrected chi connectivity index (χ3v) is 3.17. The van der Waals surface area contributed by atoms with Crippen LogP contribution in [0.15, 0.2) is 14.4 Å². The molecule has 1 fully saturated rings. The second-order valence-corrected chi connectivity index (χ2v) is 4.28. The summed E-state index contributed by atoms with van der Waals surface area (Å²) in [6, 6.07) is 0. The Morgan fingerprint density at radius 3 is 2.19 bits per heavy atom. The van der Waals surface area contributed by atoms with Gasteiger partial charge in [0.15, 0.2) is 0 Å². The van der Waals surface area contributed by atoms with E-state index in [0.29, 0.717) is 12.5 Å². The number of nitrogens with one attached hydrogen (secondary N) is 2. The van der Waals surface area contributed by atoms with Crippen molar-refractivity contribution < 1.29 is 0 Å². The minimum absolute atomic E-state index is 0.385. The summed E-state index contributed by atoms with van der Waals surface area (Å²) < 4.78 is 1.06. The third-order valence-electron chi connectivity index (χ3n) is 3.17. The van der Waals surface area contributed by atoms with Crippen LogP contribution in [0.1, 0.15) is 32.1 Å².